The zero-order chi connectivity index (χ0) is 38.4. The number of hydrogen-bond donors (Lipinski definition) is 0. The second kappa shape index (κ2) is 14.1. The van der Waals surface area contributed by atoms with Crippen molar-refractivity contribution in [3.05, 3.63) is 224 Å². The maximum absolute atomic E-state index is 6.45. The third-order valence-corrected chi connectivity index (χ3v) is 11.5. The molecule has 0 aliphatic rings. The van der Waals surface area contributed by atoms with E-state index in [4.69, 9.17) is 4.42 Å². The molecule has 0 unspecified atom stereocenters. The van der Waals surface area contributed by atoms with Crippen LogP contribution in [0.4, 0.5) is 17.1 Å². The Labute approximate surface area is 337 Å². The topological polar surface area (TPSA) is 16.4 Å². The van der Waals surface area contributed by atoms with Crippen molar-refractivity contribution in [2.24, 2.45) is 0 Å². The number of furan rings is 1. The molecule has 0 saturated heterocycles. The Morgan fingerprint density at radius 3 is 1.60 bits per heavy atom. The number of fused-ring (bicyclic) bond motifs is 6. The van der Waals surface area contributed by atoms with Crippen LogP contribution in [0.25, 0.3) is 88.0 Å². The molecular weight excluding hydrogens is 703 g/mol. The summed E-state index contributed by atoms with van der Waals surface area (Å²) in [6, 6.07) is 80.7. The van der Waals surface area contributed by atoms with Gasteiger partial charge in [-0.2, -0.15) is 0 Å². The summed E-state index contributed by atoms with van der Waals surface area (Å²) >= 11 is 0. The molecule has 0 N–H and O–H groups in total. The highest BCUT2D eigenvalue weighted by molar-refractivity contribution is 6.10. The molecule has 0 fully saturated rings. The van der Waals surface area contributed by atoms with Gasteiger partial charge in [0, 0.05) is 33.3 Å². The van der Waals surface area contributed by atoms with Crippen molar-refractivity contribution in [1.29, 1.82) is 0 Å². The van der Waals surface area contributed by atoms with Crippen LogP contribution in [-0.2, 0) is 0 Å². The van der Waals surface area contributed by atoms with Crippen molar-refractivity contribution in [2.45, 2.75) is 0 Å². The van der Waals surface area contributed by atoms with Crippen LogP contribution in [0.1, 0.15) is 0 Å². The number of benzene rings is 10. The normalized spacial score (nSPS) is 11.4. The van der Waals surface area contributed by atoms with E-state index in [1.807, 2.05) is 12.1 Å². The van der Waals surface area contributed by atoms with Gasteiger partial charge in [-0.05, 0) is 103 Å². The molecule has 0 spiro atoms. The van der Waals surface area contributed by atoms with Gasteiger partial charge in [0.1, 0.15) is 11.2 Å². The Hall–Kier alpha value is -7.68. The third kappa shape index (κ3) is 5.91. The van der Waals surface area contributed by atoms with Gasteiger partial charge in [-0.15, -0.1) is 0 Å². The van der Waals surface area contributed by atoms with Crippen molar-refractivity contribution in [1.82, 2.24) is 0 Å². The molecule has 1 aromatic heterocycles. The monoisotopic (exact) mass is 739 g/mol. The smallest absolute Gasteiger partial charge is 0.143 e. The molecule has 58 heavy (non-hydrogen) atoms. The molecule has 11 rings (SSSR count). The van der Waals surface area contributed by atoms with E-state index in [2.05, 4.69) is 217 Å². The average Bonchev–Trinajstić information content (AvgIpc) is 3.69. The lowest BCUT2D eigenvalue weighted by atomic mass is 9.95. The molecule has 2 nitrogen and oxygen atoms in total. The van der Waals surface area contributed by atoms with Crippen LogP contribution < -0.4 is 4.90 Å². The Morgan fingerprint density at radius 2 is 0.828 bits per heavy atom. The third-order valence-electron chi connectivity index (χ3n) is 11.5. The fraction of sp³-hybridized carbons (Fsp3) is 0. The summed E-state index contributed by atoms with van der Waals surface area (Å²) in [5.41, 5.74) is 14.3. The maximum Gasteiger partial charge on any atom is 0.143 e. The van der Waals surface area contributed by atoms with E-state index in [-0.39, 0.29) is 0 Å². The SMILES string of the molecule is c1ccc(-c2ccc(N(c3ccc(-c4ccc5c(ccc6ccccc65)c4)cc3)c3ccc(-c4cccc5c4oc4ccccc45)cc3)c(-c3ccccc3)c2)cc1. The molecule has 0 aliphatic heterocycles. The van der Waals surface area contributed by atoms with Gasteiger partial charge in [0.15, 0.2) is 0 Å². The van der Waals surface area contributed by atoms with Crippen LogP contribution >= 0.6 is 0 Å². The Kier molecular flexibility index (Phi) is 8.19. The molecule has 0 atom stereocenters. The van der Waals surface area contributed by atoms with Gasteiger partial charge >= 0.3 is 0 Å². The summed E-state index contributed by atoms with van der Waals surface area (Å²) in [5, 5.41) is 7.33. The highest BCUT2D eigenvalue weighted by atomic mass is 16.3. The molecule has 1 heterocycles. The molecule has 10 aromatic carbocycles. The highest BCUT2D eigenvalue weighted by Gasteiger charge is 2.20. The van der Waals surface area contributed by atoms with Crippen LogP contribution in [-0.4, -0.2) is 0 Å². The molecule has 0 radical (unpaired) electrons. The van der Waals surface area contributed by atoms with Crippen LogP contribution in [0.3, 0.4) is 0 Å². The van der Waals surface area contributed by atoms with Crippen molar-refractivity contribution in [3.63, 3.8) is 0 Å². The number of rotatable bonds is 7. The Bertz CT molecular complexity index is 3250. The first-order chi connectivity index (χ1) is 28.7. The van der Waals surface area contributed by atoms with Crippen molar-refractivity contribution in [2.75, 3.05) is 4.90 Å². The molecular formula is C56H37NO. The van der Waals surface area contributed by atoms with Crippen molar-refractivity contribution in [3.8, 4) is 44.5 Å². The van der Waals surface area contributed by atoms with Crippen molar-refractivity contribution >= 4 is 60.5 Å². The van der Waals surface area contributed by atoms with Crippen LogP contribution in [0.2, 0.25) is 0 Å². The summed E-state index contributed by atoms with van der Waals surface area (Å²) in [5.74, 6) is 0. The first-order valence-corrected chi connectivity index (χ1v) is 19.8. The lowest BCUT2D eigenvalue weighted by Gasteiger charge is -2.29. The zero-order valence-electron chi connectivity index (χ0n) is 31.7. The highest BCUT2D eigenvalue weighted by Crippen LogP contribution is 2.44. The van der Waals surface area contributed by atoms with E-state index in [0.29, 0.717) is 0 Å². The van der Waals surface area contributed by atoms with E-state index in [0.717, 1.165) is 61.3 Å². The van der Waals surface area contributed by atoms with Gasteiger partial charge in [0.05, 0.1) is 5.69 Å². The molecule has 0 aliphatic carbocycles. The molecule has 0 saturated carbocycles. The minimum atomic E-state index is 0.903. The second-order valence-corrected chi connectivity index (χ2v) is 14.9. The quantitative estimate of drug-likeness (QED) is 0.151. The summed E-state index contributed by atoms with van der Waals surface area (Å²) in [4.78, 5) is 2.39. The lowest BCUT2D eigenvalue weighted by molar-refractivity contribution is 0.670. The lowest BCUT2D eigenvalue weighted by Crippen LogP contribution is -2.11. The first kappa shape index (κ1) is 33.6. The van der Waals surface area contributed by atoms with Gasteiger partial charge in [-0.3, -0.25) is 0 Å². The fourth-order valence-corrected chi connectivity index (χ4v) is 8.58. The molecule has 0 amide bonds. The predicted octanol–water partition coefficient (Wildman–Crippen LogP) is 16.0. The molecule has 11 aromatic rings. The van der Waals surface area contributed by atoms with Crippen LogP contribution in [0, 0.1) is 0 Å². The van der Waals surface area contributed by atoms with Gasteiger partial charge in [0.25, 0.3) is 0 Å². The zero-order valence-corrected chi connectivity index (χ0v) is 31.7. The van der Waals surface area contributed by atoms with Crippen LogP contribution in [0.5, 0.6) is 0 Å². The fourth-order valence-electron chi connectivity index (χ4n) is 8.58. The van der Waals surface area contributed by atoms with E-state index in [1.165, 1.54) is 43.8 Å². The molecule has 272 valence electrons. The van der Waals surface area contributed by atoms with Gasteiger partial charge in [-0.1, -0.05) is 176 Å². The summed E-state index contributed by atoms with van der Waals surface area (Å²) in [6.07, 6.45) is 0. The number of hydrogen-bond acceptors (Lipinski definition) is 2. The molecule has 0 bridgehead atoms. The Balaban J connectivity index is 1.04. The van der Waals surface area contributed by atoms with Crippen LogP contribution in [0.15, 0.2) is 229 Å². The van der Waals surface area contributed by atoms with E-state index < -0.39 is 0 Å². The number of anilines is 3. The van der Waals surface area contributed by atoms with E-state index >= 15 is 0 Å². The van der Waals surface area contributed by atoms with Gasteiger partial charge in [0.2, 0.25) is 0 Å². The van der Waals surface area contributed by atoms with Gasteiger partial charge in [-0.25, -0.2) is 0 Å². The Morgan fingerprint density at radius 1 is 0.293 bits per heavy atom. The largest absolute Gasteiger partial charge is 0.455 e. The standard InChI is InChI=1S/C56H37NO/c1-3-12-38(13-4-1)44-29-35-54(53(37-44)40-14-5-2-6-15-40)57(47-32-26-42(27-33-47)50-19-11-20-52-51-18-9-10-21-55(51)58-56(50)52)46-30-24-39(25-31-46)43-28-34-49-45(36-43)23-22-41-16-7-8-17-48(41)49/h1-37H. The first-order valence-electron chi connectivity index (χ1n) is 19.8. The predicted molar refractivity (Wildman–Crippen MR) is 245 cm³/mol. The average molecular weight is 740 g/mol. The van der Waals surface area contributed by atoms with E-state index in [9.17, 15) is 0 Å². The maximum atomic E-state index is 6.45. The van der Waals surface area contributed by atoms with Gasteiger partial charge < -0.3 is 9.32 Å². The summed E-state index contributed by atoms with van der Waals surface area (Å²) in [7, 11) is 0. The number of para-hydroxylation sites is 2. The minimum Gasteiger partial charge on any atom is -0.455 e. The summed E-state index contributed by atoms with van der Waals surface area (Å²) < 4.78 is 6.45. The minimum absolute atomic E-state index is 0.903. The second-order valence-electron chi connectivity index (χ2n) is 14.9. The summed E-state index contributed by atoms with van der Waals surface area (Å²) in [6.45, 7) is 0. The van der Waals surface area contributed by atoms with E-state index in [1.54, 1.807) is 0 Å². The molecule has 2 heteroatoms. The van der Waals surface area contributed by atoms with Crippen molar-refractivity contribution < 1.29 is 4.42 Å². The number of nitrogens with zero attached hydrogens (tertiary/aromatic N) is 1.